The number of H-pyrrole nitrogens is 2. The lowest BCUT2D eigenvalue weighted by Gasteiger charge is -2.52. The molecule has 3 N–H and O–H groups in total. The third kappa shape index (κ3) is 6.92. The molecule has 9 heteroatoms. The Balaban J connectivity index is 0.000000136. The number of nitrogens with one attached hydrogen (secondary N) is 3. The smallest absolute Gasteiger partial charge is 0.219 e. The highest BCUT2D eigenvalue weighted by molar-refractivity contribution is 5.74. The number of aromatic amines is 2. The van der Waals surface area contributed by atoms with E-state index in [2.05, 4.69) is 98.4 Å². The van der Waals surface area contributed by atoms with Crippen LogP contribution >= 0.6 is 0 Å². The van der Waals surface area contributed by atoms with Gasteiger partial charge in [-0.1, -0.05) is 63.8 Å². The van der Waals surface area contributed by atoms with Crippen LogP contribution in [-0.4, -0.2) is 79.8 Å². The normalized spacial score (nSPS) is 49.2. The Hall–Kier alpha value is -2.75. The molecular weight excluding hydrogens is 853 g/mol. The van der Waals surface area contributed by atoms with Crippen molar-refractivity contribution in [3.05, 3.63) is 57.2 Å². The fourth-order valence-corrected chi connectivity index (χ4v) is 20.7. The molecule has 4 aliphatic heterocycles. The van der Waals surface area contributed by atoms with Gasteiger partial charge in [-0.05, 0) is 217 Å². The van der Waals surface area contributed by atoms with Gasteiger partial charge in [0.05, 0.1) is 41.8 Å². The van der Waals surface area contributed by atoms with E-state index in [1.54, 1.807) is 23.6 Å². The molecule has 14 rings (SSSR count). The van der Waals surface area contributed by atoms with Crippen LogP contribution in [0.1, 0.15) is 175 Å². The molecule has 0 bridgehead atoms. The lowest BCUT2D eigenvalue weighted by molar-refractivity contribution is -0.137. The van der Waals surface area contributed by atoms with Crippen LogP contribution < -0.4 is 5.32 Å². The van der Waals surface area contributed by atoms with E-state index in [1.165, 1.54) is 119 Å². The van der Waals surface area contributed by atoms with Crippen LogP contribution in [0.15, 0.2) is 34.7 Å². The van der Waals surface area contributed by atoms with Crippen molar-refractivity contribution >= 4 is 5.91 Å². The summed E-state index contributed by atoms with van der Waals surface area (Å²) >= 11 is 0. The molecule has 2 aromatic heterocycles. The van der Waals surface area contributed by atoms with E-state index in [4.69, 9.17) is 9.47 Å². The third-order valence-corrected chi connectivity index (χ3v) is 24.2. The number of hydrogen-bond donors (Lipinski definition) is 3. The second kappa shape index (κ2) is 16.4. The number of piperidine rings is 2. The van der Waals surface area contributed by atoms with Gasteiger partial charge in [0.25, 0.3) is 0 Å². The number of rotatable bonds is 0. The summed E-state index contributed by atoms with van der Waals surface area (Å²) in [6.45, 7) is 23.5. The maximum atomic E-state index is 12.6. The van der Waals surface area contributed by atoms with Crippen molar-refractivity contribution in [1.29, 1.82) is 0 Å². The summed E-state index contributed by atoms with van der Waals surface area (Å²) in [4.78, 5) is 14.8. The fraction of sp³-hybridized carbons (Fsp3) is 0.817. The Morgan fingerprint density at radius 2 is 1.19 bits per heavy atom. The minimum atomic E-state index is -0.0956. The molecule has 2 spiro atoms. The van der Waals surface area contributed by atoms with Gasteiger partial charge in [0.15, 0.2) is 0 Å². The lowest BCUT2D eigenvalue weighted by Crippen LogP contribution is -2.53. The third-order valence-electron chi connectivity index (χ3n) is 24.2. The molecule has 8 fully saturated rings. The van der Waals surface area contributed by atoms with Gasteiger partial charge >= 0.3 is 0 Å². The van der Waals surface area contributed by atoms with Gasteiger partial charge in [-0.25, -0.2) is 0 Å². The number of allylic oxidation sites excluding steroid dienone is 2. The molecule has 6 heterocycles. The topological polar surface area (TPSA) is 108 Å². The van der Waals surface area contributed by atoms with E-state index in [0.29, 0.717) is 40.7 Å². The maximum absolute atomic E-state index is 12.6. The zero-order valence-electron chi connectivity index (χ0n) is 44.1. The van der Waals surface area contributed by atoms with Crippen LogP contribution in [0, 0.1) is 81.8 Å². The molecule has 1 amide bonds. The summed E-state index contributed by atoms with van der Waals surface area (Å²) in [5.41, 5.74) is 13.6. The SMILES string of the molecule is CC(=O)N1C[C@@H](C)C[C@H]2O[C@]3(CC[C@@H]4C(=C(C)C3)C[C@H]3[C@H]4CC[C@@H]4Cc5[nH]ncc5C[C@@]43C)[C@H](C)[C@@H]21.CC1=C2C[C@H]3[C@@H](CC[C@@H]4Cc5[nH]ncc5C[C@@]43C)[C@@H]2CC[C@@]2(C1)O[C@@H]1C[C@H](C)CN[C@H]1[C@H]2C. The average Bonchev–Trinajstić information content (AvgIpc) is 4.16. The van der Waals surface area contributed by atoms with E-state index in [0.717, 1.165) is 85.6 Å². The van der Waals surface area contributed by atoms with Gasteiger partial charge in [0, 0.05) is 42.7 Å². The van der Waals surface area contributed by atoms with Crippen molar-refractivity contribution in [2.24, 2.45) is 81.8 Å². The number of amides is 1. The van der Waals surface area contributed by atoms with Crippen LogP contribution in [0.4, 0.5) is 0 Å². The van der Waals surface area contributed by atoms with E-state index >= 15 is 0 Å². The van der Waals surface area contributed by atoms with Crippen molar-refractivity contribution in [3.63, 3.8) is 0 Å². The highest BCUT2D eigenvalue weighted by atomic mass is 16.5. The molecule has 0 unspecified atom stereocenters. The first kappa shape index (κ1) is 46.1. The molecule has 12 aliphatic rings. The van der Waals surface area contributed by atoms with Gasteiger partial charge in [0.2, 0.25) is 5.91 Å². The van der Waals surface area contributed by atoms with Crippen molar-refractivity contribution in [1.82, 2.24) is 30.6 Å². The van der Waals surface area contributed by atoms with Gasteiger partial charge in [-0.15, -0.1) is 0 Å². The van der Waals surface area contributed by atoms with Crippen LogP contribution in [0.2, 0.25) is 0 Å². The number of carbonyl (C=O) groups excluding carboxylic acids is 1. The first-order valence-electron chi connectivity index (χ1n) is 28.8. The number of carbonyl (C=O) groups is 1. The number of fused-ring (bicyclic) bond motifs is 14. The summed E-state index contributed by atoms with van der Waals surface area (Å²) in [5.74, 6) is 9.04. The van der Waals surface area contributed by atoms with Crippen LogP contribution in [-0.2, 0) is 40.0 Å². The molecule has 376 valence electrons. The molecule has 20 atom stereocenters. The zero-order valence-corrected chi connectivity index (χ0v) is 44.1. The van der Waals surface area contributed by atoms with Crippen molar-refractivity contribution in [2.45, 2.75) is 213 Å². The molecule has 0 radical (unpaired) electrons. The maximum Gasteiger partial charge on any atom is 0.219 e. The van der Waals surface area contributed by atoms with Crippen LogP contribution in [0.25, 0.3) is 0 Å². The molecule has 8 aliphatic carbocycles. The number of likely N-dealkylation sites (tertiary alicyclic amines) is 1. The largest absolute Gasteiger partial charge is 0.369 e. The molecule has 69 heavy (non-hydrogen) atoms. The molecular formula is C60H88N6O3. The van der Waals surface area contributed by atoms with Crippen molar-refractivity contribution in [3.8, 4) is 0 Å². The quantitative estimate of drug-likeness (QED) is 0.227. The minimum Gasteiger partial charge on any atom is -0.369 e. The second-order valence-corrected chi connectivity index (χ2v) is 27.6. The molecule has 0 aromatic carbocycles. The average molecular weight is 941 g/mol. The Morgan fingerprint density at radius 3 is 1.74 bits per heavy atom. The Labute approximate surface area is 414 Å². The summed E-state index contributed by atoms with van der Waals surface area (Å²) in [6.07, 6.45) is 27.6. The van der Waals surface area contributed by atoms with Gasteiger partial charge in [-0.3, -0.25) is 15.0 Å². The predicted octanol–water partition coefficient (Wildman–Crippen LogP) is 11.2. The zero-order chi connectivity index (χ0) is 47.5. The summed E-state index contributed by atoms with van der Waals surface area (Å²) in [5, 5.41) is 19.3. The molecule has 4 saturated heterocycles. The molecule has 2 aromatic rings. The Bertz CT molecular complexity index is 2420. The molecule has 9 nitrogen and oxygen atoms in total. The second-order valence-electron chi connectivity index (χ2n) is 27.6. The van der Waals surface area contributed by atoms with Crippen LogP contribution in [0.5, 0.6) is 0 Å². The van der Waals surface area contributed by atoms with E-state index in [-0.39, 0.29) is 29.3 Å². The predicted molar refractivity (Wildman–Crippen MR) is 271 cm³/mol. The number of nitrogens with zero attached hydrogens (tertiary/aromatic N) is 3. The van der Waals surface area contributed by atoms with E-state index in [1.807, 2.05) is 5.57 Å². The first-order chi connectivity index (χ1) is 33.1. The number of aromatic nitrogens is 4. The summed E-state index contributed by atoms with van der Waals surface area (Å²) < 4.78 is 14.2. The highest BCUT2D eigenvalue weighted by Gasteiger charge is 2.62. The lowest BCUT2D eigenvalue weighted by atomic mass is 9.52. The first-order valence-corrected chi connectivity index (χ1v) is 28.8. The molecule has 4 saturated carbocycles. The standard InChI is InChI=1S/C31H45N3O2.C29H43N3O/c1-17-10-28-29(34(16-17)20(4)35)19(3)31(36-28)9-8-23-24-7-6-22-11-27-21(15-32-33-27)14-30(22,5)26(24)12-25(23)18(2)13-31;1-16-9-26-27(30-14-16)18(3)29(33-26)8-7-21-22-6-5-20-10-25-19(15-31-32-25)13-28(20,4)24(22)11-23(21)17(2)12-29/h15,17,19,22-24,26,28-29H,6-14,16H2,1-5H3,(H,32,33);15-16,18,20-22,24,26-27,30H,5-14H2,1-4H3,(H,31,32)/t17-,19+,22+,23-,24-,26-,28+,29-,30-,31-;16-,18+,20+,21-,22-,24-,26+,27-,28-,29-/m00/s1. The van der Waals surface area contributed by atoms with E-state index < -0.39 is 0 Å². The monoisotopic (exact) mass is 941 g/mol. The Morgan fingerprint density at radius 1 is 0.667 bits per heavy atom. The van der Waals surface area contributed by atoms with Crippen molar-refractivity contribution < 1.29 is 14.3 Å². The van der Waals surface area contributed by atoms with Crippen molar-refractivity contribution in [2.75, 3.05) is 13.1 Å². The number of hydrogen-bond acceptors (Lipinski definition) is 6. The number of ether oxygens (including phenoxy) is 2. The fourth-order valence-electron chi connectivity index (χ4n) is 20.7. The van der Waals surface area contributed by atoms with E-state index in [9.17, 15) is 4.79 Å². The van der Waals surface area contributed by atoms with Gasteiger partial charge < -0.3 is 19.7 Å². The summed E-state index contributed by atoms with van der Waals surface area (Å²) in [6, 6.07) is 0.813. The highest BCUT2D eigenvalue weighted by Crippen LogP contribution is 2.67. The van der Waals surface area contributed by atoms with Crippen LogP contribution in [0.3, 0.4) is 0 Å². The minimum absolute atomic E-state index is 0.0704. The van der Waals surface area contributed by atoms with Gasteiger partial charge in [0.1, 0.15) is 0 Å². The Kier molecular flexibility index (Phi) is 10.9. The summed E-state index contributed by atoms with van der Waals surface area (Å²) in [7, 11) is 0. The van der Waals surface area contributed by atoms with Gasteiger partial charge in [-0.2, -0.15) is 10.2 Å².